The lowest BCUT2D eigenvalue weighted by Gasteiger charge is -2.36. The fraction of sp³-hybridized carbons (Fsp3) is 0.292. The minimum atomic E-state index is -4.58. The van der Waals surface area contributed by atoms with Gasteiger partial charge in [0.05, 0.1) is 19.8 Å². The van der Waals surface area contributed by atoms with E-state index in [0.29, 0.717) is 29.6 Å². The number of anilines is 1. The summed E-state index contributed by atoms with van der Waals surface area (Å²) in [5, 5.41) is 7.27. The Morgan fingerprint density at radius 1 is 1.06 bits per heavy atom. The first-order valence-electron chi connectivity index (χ1n) is 10.6. The number of nitrogens with zero attached hydrogens (tertiary/aromatic N) is 3. The Bertz CT molecular complexity index is 1300. The highest BCUT2D eigenvalue weighted by Gasteiger charge is 2.43. The fourth-order valence-electron chi connectivity index (χ4n) is 4.78. The second kappa shape index (κ2) is 8.19. The zero-order chi connectivity index (χ0) is 24.0. The average molecular weight is 470 g/mol. The topological polar surface area (TPSA) is 78.3 Å². The number of fused-ring (bicyclic) bond motifs is 1. The summed E-state index contributed by atoms with van der Waals surface area (Å²) >= 11 is 0. The number of Topliss-reactive ketones (excluding diaryl/α,β-unsaturated/α-hetero) is 1. The van der Waals surface area contributed by atoms with E-state index in [-0.39, 0.29) is 29.3 Å². The van der Waals surface area contributed by atoms with E-state index >= 15 is 0 Å². The van der Waals surface area contributed by atoms with E-state index in [1.165, 1.54) is 36.3 Å². The number of carbonyl (C=O) groups is 1. The maximum absolute atomic E-state index is 13.9. The summed E-state index contributed by atoms with van der Waals surface area (Å²) in [5.74, 6) is 0.978. The zero-order valence-corrected chi connectivity index (χ0v) is 18.4. The van der Waals surface area contributed by atoms with Crippen LogP contribution in [0.1, 0.15) is 41.5 Å². The Kier molecular flexibility index (Phi) is 5.30. The molecular formula is C24H21F3N4O3. The van der Waals surface area contributed by atoms with Crippen LogP contribution in [0.4, 0.5) is 19.1 Å². The predicted molar refractivity (Wildman–Crippen MR) is 117 cm³/mol. The normalized spacial score (nSPS) is 19.9. The number of hydrogen-bond donors (Lipinski definition) is 1. The Morgan fingerprint density at radius 2 is 1.82 bits per heavy atom. The minimum absolute atomic E-state index is 0.0336. The standard InChI is InChI=1S/C24H21F3N4O3/c1-33-19-8-7-13(11-20(19)34-2)14-9-17-21(18(32)10-14)22(31-23(30-17)28-12-29-31)15-5-3-4-6-16(15)24(25,26)27/h3-8,11-12,14,22H,9-10H2,1-2H3,(H,28,29,30)/t14-,22+/m1/s1. The van der Waals surface area contributed by atoms with Crippen LogP contribution >= 0.6 is 0 Å². The Balaban J connectivity index is 1.60. The van der Waals surface area contributed by atoms with E-state index in [1.54, 1.807) is 13.2 Å². The number of allylic oxidation sites excluding steroid dienone is 2. The maximum Gasteiger partial charge on any atom is 0.416 e. The van der Waals surface area contributed by atoms with E-state index in [2.05, 4.69) is 15.4 Å². The number of ketones is 1. The van der Waals surface area contributed by atoms with Gasteiger partial charge in [-0.05, 0) is 41.7 Å². The number of rotatable bonds is 4. The van der Waals surface area contributed by atoms with Crippen LogP contribution in [-0.4, -0.2) is 34.8 Å². The molecule has 0 amide bonds. The number of methoxy groups -OCH3 is 2. The summed E-state index contributed by atoms with van der Waals surface area (Å²) in [6.45, 7) is 0. The third-order valence-corrected chi connectivity index (χ3v) is 6.30. The second-order valence-electron chi connectivity index (χ2n) is 8.18. The molecule has 1 aliphatic heterocycles. The lowest BCUT2D eigenvalue weighted by molar-refractivity contribution is -0.138. The van der Waals surface area contributed by atoms with Gasteiger partial charge in [0.2, 0.25) is 5.95 Å². The average Bonchev–Trinajstić information content (AvgIpc) is 3.29. The summed E-state index contributed by atoms with van der Waals surface area (Å²) in [5.41, 5.74) is 0.877. The quantitative estimate of drug-likeness (QED) is 0.594. The van der Waals surface area contributed by atoms with Gasteiger partial charge in [-0.2, -0.15) is 23.3 Å². The molecule has 1 aliphatic carbocycles. The first-order valence-corrected chi connectivity index (χ1v) is 10.6. The molecule has 2 aliphatic rings. The molecular weight excluding hydrogens is 449 g/mol. The van der Waals surface area contributed by atoms with Crippen molar-refractivity contribution in [2.75, 3.05) is 19.5 Å². The number of carbonyl (C=O) groups excluding carboxylic acids is 1. The fourth-order valence-corrected chi connectivity index (χ4v) is 4.78. The van der Waals surface area contributed by atoms with Crippen molar-refractivity contribution in [2.45, 2.75) is 31.0 Å². The monoisotopic (exact) mass is 470 g/mol. The largest absolute Gasteiger partial charge is 0.493 e. The smallest absolute Gasteiger partial charge is 0.416 e. The van der Waals surface area contributed by atoms with E-state index in [4.69, 9.17) is 9.47 Å². The molecule has 0 saturated carbocycles. The van der Waals surface area contributed by atoms with Gasteiger partial charge in [0, 0.05) is 17.7 Å². The molecule has 0 spiro atoms. The van der Waals surface area contributed by atoms with Gasteiger partial charge in [-0.1, -0.05) is 24.3 Å². The van der Waals surface area contributed by atoms with E-state index in [9.17, 15) is 18.0 Å². The number of hydrogen-bond acceptors (Lipinski definition) is 6. The minimum Gasteiger partial charge on any atom is -0.493 e. The number of nitrogens with one attached hydrogen (secondary N) is 1. The number of ether oxygens (including phenoxy) is 2. The Labute approximate surface area is 193 Å². The molecule has 0 saturated heterocycles. The highest BCUT2D eigenvalue weighted by atomic mass is 19.4. The van der Waals surface area contributed by atoms with Crippen molar-refractivity contribution >= 4 is 11.7 Å². The molecule has 2 atom stereocenters. The van der Waals surface area contributed by atoms with Crippen LogP contribution < -0.4 is 14.8 Å². The van der Waals surface area contributed by atoms with Crippen LogP contribution in [0.25, 0.3) is 0 Å². The molecule has 0 fully saturated rings. The highest BCUT2D eigenvalue weighted by molar-refractivity contribution is 6.00. The van der Waals surface area contributed by atoms with Crippen molar-refractivity contribution in [3.05, 3.63) is 76.8 Å². The Hall–Kier alpha value is -3.82. The third-order valence-electron chi connectivity index (χ3n) is 6.30. The molecule has 0 unspecified atom stereocenters. The second-order valence-corrected chi connectivity index (χ2v) is 8.18. The lowest BCUT2D eigenvalue weighted by Crippen LogP contribution is -2.34. The predicted octanol–water partition coefficient (Wildman–Crippen LogP) is 4.73. The van der Waals surface area contributed by atoms with Crippen molar-refractivity contribution in [1.82, 2.24) is 14.8 Å². The molecule has 1 N–H and O–H groups in total. The zero-order valence-electron chi connectivity index (χ0n) is 18.4. The van der Waals surface area contributed by atoms with Crippen LogP contribution in [-0.2, 0) is 11.0 Å². The van der Waals surface area contributed by atoms with E-state index < -0.39 is 17.8 Å². The summed E-state index contributed by atoms with van der Waals surface area (Å²) in [7, 11) is 3.08. The molecule has 176 valence electrons. The van der Waals surface area contributed by atoms with Crippen molar-refractivity contribution < 1.29 is 27.4 Å². The molecule has 10 heteroatoms. The Morgan fingerprint density at radius 3 is 2.56 bits per heavy atom. The first-order chi connectivity index (χ1) is 16.3. The molecule has 7 nitrogen and oxygen atoms in total. The number of aromatic nitrogens is 3. The third kappa shape index (κ3) is 3.59. The van der Waals surface area contributed by atoms with Gasteiger partial charge in [-0.3, -0.25) is 4.79 Å². The number of halogens is 3. The molecule has 5 rings (SSSR count). The van der Waals surface area contributed by atoms with Gasteiger partial charge in [0.15, 0.2) is 17.3 Å². The molecule has 0 radical (unpaired) electrons. The molecule has 2 aromatic carbocycles. The molecule has 0 bridgehead atoms. The van der Waals surface area contributed by atoms with Gasteiger partial charge in [-0.25, -0.2) is 4.68 Å². The van der Waals surface area contributed by atoms with Gasteiger partial charge >= 0.3 is 6.18 Å². The van der Waals surface area contributed by atoms with Gasteiger partial charge < -0.3 is 14.8 Å². The van der Waals surface area contributed by atoms with Crippen molar-refractivity contribution in [3.63, 3.8) is 0 Å². The van der Waals surface area contributed by atoms with Crippen LogP contribution in [0.3, 0.4) is 0 Å². The van der Waals surface area contributed by atoms with Crippen LogP contribution in [0.2, 0.25) is 0 Å². The van der Waals surface area contributed by atoms with Crippen LogP contribution in [0, 0.1) is 0 Å². The highest BCUT2D eigenvalue weighted by Crippen LogP contribution is 2.47. The summed E-state index contributed by atoms with van der Waals surface area (Å²) in [4.78, 5) is 17.6. The molecule has 2 heterocycles. The summed E-state index contributed by atoms with van der Waals surface area (Å²) < 4.78 is 53.6. The van der Waals surface area contributed by atoms with E-state index in [1.807, 2.05) is 12.1 Å². The molecule has 3 aromatic rings. The van der Waals surface area contributed by atoms with Crippen molar-refractivity contribution in [2.24, 2.45) is 0 Å². The van der Waals surface area contributed by atoms with Crippen molar-refractivity contribution in [1.29, 1.82) is 0 Å². The van der Waals surface area contributed by atoms with Gasteiger partial charge in [0.25, 0.3) is 0 Å². The summed E-state index contributed by atoms with van der Waals surface area (Å²) in [6, 6.07) is 9.72. The maximum atomic E-state index is 13.9. The van der Waals surface area contributed by atoms with Crippen LogP contribution in [0.5, 0.6) is 11.5 Å². The van der Waals surface area contributed by atoms with Crippen molar-refractivity contribution in [3.8, 4) is 11.5 Å². The van der Waals surface area contributed by atoms with Gasteiger partial charge in [0.1, 0.15) is 12.4 Å². The number of benzene rings is 2. The molecule has 34 heavy (non-hydrogen) atoms. The van der Waals surface area contributed by atoms with Crippen LogP contribution in [0.15, 0.2) is 60.1 Å². The lowest BCUT2D eigenvalue weighted by atomic mass is 9.77. The summed E-state index contributed by atoms with van der Waals surface area (Å²) in [6.07, 6.45) is -2.75. The number of alkyl halides is 3. The van der Waals surface area contributed by atoms with E-state index in [0.717, 1.165) is 11.6 Å². The molecule has 1 aromatic heterocycles. The first kappa shape index (κ1) is 22.0. The SMILES string of the molecule is COc1ccc([C@H]2CC(=O)C3=C(C2)Nc2ncnn2[C@H]3c2ccccc2C(F)(F)F)cc1OC. The van der Waals surface area contributed by atoms with Gasteiger partial charge in [-0.15, -0.1) is 0 Å².